The molecule has 3 aromatic carbocycles. The number of carbonyl (C=O) groups excluding carboxylic acids is 1. The Kier molecular flexibility index (Phi) is 8.07. The molecule has 0 aromatic heterocycles. The molecule has 3 aromatic rings. The van der Waals surface area contributed by atoms with Gasteiger partial charge < -0.3 is 10.6 Å². The van der Waals surface area contributed by atoms with Crippen LogP contribution in [-0.4, -0.2) is 18.0 Å². The Bertz CT molecular complexity index is 1400. The van der Waals surface area contributed by atoms with Gasteiger partial charge in [-0.05, 0) is 59.9 Å². The highest BCUT2D eigenvalue weighted by Gasteiger charge is 2.61. The lowest BCUT2D eigenvalue weighted by atomic mass is 9.62. The van der Waals surface area contributed by atoms with Crippen LogP contribution in [0.1, 0.15) is 44.2 Å². The minimum Gasteiger partial charge on any atom is -0.325 e. The molecule has 2 N–H and O–H groups in total. The fourth-order valence-corrected chi connectivity index (χ4v) is 5.78. The van der Waals surface area contributed by atoms with Crippen LogP contribution in [0.2, 0.25) is 15.1 Å². The number of hydrogen-bond donors (Lipinski definition) is 2. The maximum absolute atomic E-state index is 15.7. The average Bonchev–Trinajstić information content (AvgIpc) is 3.15. The van der Waals surface area contributed by atoms with Gasteiger partial charge in [-0.25, -0.2) is 8.78 Å². The molecule has 0 aliphatic carbocycles. The third kappa shape index (κ3) is 5.39. The second kappa shape index (κ2) is 10.8. The molecule has 4 nitrogen and oxygen atoms in total. The second-order valence-corrected chi connectivity index (χ2v) is 12.0. The third-order valence-electron chi connectivity index (χ3n) is 6.84. The van der Waals surface area contributed by atoms with Crippen molar-refractivity contribution in [3.63, 3.8) is 0 Å². The van der Waals surface area contributed by atoms with Crippen molar-refractivity contribution in [1.82, 2.24) is 5.32 Å². The number of amides is 1. The molecule has 1 heterocycles. The number of benzene rings is 3. The van der Waals surface area contributed by atoms with E-state index in [0.717, 1.165) is 6.07 Å². The minimum atomic E-state index is -1.69. The molecule has 4 rings (SSSR count). The zero-order valence-electron chi connectivity index (χ0n) is 21.0. The van der Waals surface area contributed by atoms with E-state index in [1.54, 1.807) is 30.3 Å². The van der Waals surface area contributed by atoms with E-state index in [0.29, 0.717) is 17.1 Å². The predicted octanol–water partition coefficient (Wildman–Crippen LogP) is 7.89. The van der Waals surface area contributed by atoms with Gasteiger partial charge in [-0.3, -0.25) is 4.79 Å². The molecule has 0 radical (unpaired) electrons. The number of nitriles is 1. The highest BCUT2D eigenvalue weighted by Crippen LogP contribution is 2.52. The van der Waals surface area contributed by atoms with E-state index in [-0.39, 0.29) is 26.6 Å². The van der Waals surface area contributed by atoms with Crippen molar-refractivity contribution in [2.24, 2.45) is 5.41 Å². The van der Waals surface area contributed by atoms with Gasteiger partial charge in [-0.2, -0.15) is 5.26 Å². The lowest BCUT2D eigenvalue weighted by molar-refractivity contribution is -0.118. The summed E-state index contributed by atoms with van der Waals surface area (Å²) >= 11 is 18.2. The van der Waals surface area contributed by atoms with Crippen molar-refractivity contribution in [3.05, 3.63) is 98.5 Å². The Labute approximate surface area is 235 Å². The summed E-state index contributed by atoms with van der Waals surface area (Å²) in [7, 11) is 0. The van der Waals surface area contributed by atoms with Crippen molar-refractivity contribution < 1.29 is 13.6 Å². The van der Waals surface area contributed by atoms with Crippen LogP contribution < -0.4 is 10.6 Å². The molecule has 1 aliphatic heterocycles. The largest absolute Gasteiger partial charge is 0.325 e. The summed E-state index contributed by atoms with van der Waals surface area (Å²) in [5.74, 6) is -3.13. The van der Waals surface area contributed by atoms with Gasteiger partial charge in [-0.15, -0.1) is 0 Å². The molecule has 1 aliphatic rings. The standard InChI is InChI=1S/C29H26Cl3F2N3O/c1-28(2,3)14-23-29(15-35,20-12-9-17(31)13-22(20)33)24(19-5-4-6-21(32)25(19)34)26(37-23)27(38)36-18-10-7-16(30)8-11-18/h4-13,23-24,26,37H,14H2,1-3H3,(H,36,38)/t23?,24?,26-,29+/m1/s1. The number of halogens is 5. The quantitative estimate of drug-likeness (QED) is 0.325. The van der Waals surface area contributed by atoms with Crippen molar-refractivity contribution >= 4 is 46.4 Å². The van der Waals surface area contributed by atoms with E-state index in [1.807, 2.05) is 20.8 Å². The summed E-state index contributed by atoms with van der Waals surface area (Å²) in [6.45, 7) is 5.93. The van der Waals surface area contributed by atoms with Crippen LogP contribution in [0.3, 0.4) is 0 Å². The molecule has 0 spiro atoms. The van der Waals surface area contributed by atoms with E-state index in [9.17, 15) is 10.1 Å². The zero-order valence-corrected chi connectivity index (χ0v) is 23.2. The number of nitrogens with one attached hydrogen (secondary N) is 2. The highest BCUT2D eigenvalue weighted by atomic mass is 35.5. The van der Waals surface area contributed by atoms with Crippen LogP contribution in [0.4, 0.5) is 14.5 Å². The van der Waals surface area contributed by atoms with Gasteiger partial charge in [0.25, 0.3) is 0 Å². The van der Waals surface area contributed by atoms with Gasteiger partial charge in [-0.1, -0.05) is 73.8 Å². The lowest BCUT2D eigenvalue weighted by Crippen LogP contribution is -2.45. The molecule has 0 saturated carbocycles. The Morgan fingerprint density at radius 3 is 2.32 bits per heavy atom. The van der Waals surface area contributed by atoms with E-state index >= 15 is 8.78 Å². The summed E-state index contributed by atoms with van der Waals surface area (Å²) in [6, 6.07) is 15.5. The van der Waals surface area contributed by atoms with Gasteiger partial charge in [0.1, 0.15) is 17.0 Å². The maximum Gasteiger partial charge on any atom is 0.242 e. The van der Waals surface area contributed by atoms with Gasteiger partial charge in [0.2, 0.25) is 5.91 Å². The van der Waals surface area contributed by atoms with E-state index in [2.05, 4.69) is 16.7 Å². The fourth-order valence-electron chi connectivity index (χ4n) is 5.31. The van der Waals surface area contributed by atoms with Crippen LogP contribution >= 0.6 is 34.8 Å². The topological polar surface area (TPSA) is 64.9 Å². The smallest absolute Gasteiger partial charge is 0.242 e. The molecular weight excluding hydrogens is 551 g/mol. The molecule has 1 saturated heterocycles. The van der Waals surface area contributed by atoms with Gasteiger partial charge in [0.05, 0.1) is 17.1 Å². The molecule has 4 atom stereocenters. The summed E-state index contributed by atoms with van der Waals surface area (Å²) in [4.78, 5) is 13.8. The normalized spacial score (nSPS) is 23.2. The SMILES string of the molecule is CC(C)(C)CC1N[C@@H](C(=O)Nc2ccc(Cl)cc2)C(c2cccc(Cl)c2F)[C@@]1(C#N)c1ccc(Cl)cc1F. The third-order valence-corrected chi connectivity index (χ3v) is 7.62. The van der Waals surface area contributed by atoms with Gasteiger partial charge >= 0.3 is 0 Å². The number of rotatable bonds is 5. The van der Waals surface area contributed by atoms with E-state index < -0.39 is 41.0 Å². The maximum atomic E-state index is 15.7. The Balaban J connectivity index is 1.96. The molecule has 1 fully saturated rings. The highest BCUT2D eigenvalue weighted by molar-refractivity contribution is 6.31. The van der Waals surface area contributed by atoms with Gasteiger partial charge in [0.15, 0.2) is 0 Å². The lowest BCUT2D eigenvalue weighted by Gasteiger charge is -2.37. The van der Waals surface area contributed by atoms with Crippen molar-refractivity contribution in [2.75, 3.05) is 5.32 Å². The first-order chi connectivity index (χ1) is 17.9. The average molecular weight is 577 g/mol. The van der Waals surface area contributed by atoms with Crippen molar-refractivity contribution in [3.8, 4) is 6.07 Å². The molecule has 2 unspecified atom stereocenters. The predicted molar refractivity (Wildman–Crippen MR) is 148 cm³/mol. The van der Waals surface area contributed by atoms with Crippen LogP contribution in [0.15, 0.2) is 60.7 Å². The molecule has 198 valence electrons. The first kappa shape index (κ1) is 28.3. The van der Waals surface area contributed by atoms with Crippen LogP contribution in [0.5, 0.6) is 0 Å². The second-order valence-electron chi connectivity index (χ2n) is 10.7. The van der Waals surface area contributed by atoms with Gasteiger partial charge in [0, 0.05) is 33.3 Å². The first-order valence-corrected chi connectivity index (χ1v) is 13.1. The molecule has 1 amide bonds. The van der Waals surface area contributed by atoms with Crippen LogP contribution in [0.25, 0.3) is 0 Å². The van der Waals surface area contributed by atoms with E-state index in [1.165, 1.54) is 24.3 Å². The molecular formula is C29H26Cl3F2N3O. The monoisotopic (exact) mass is 575 g/mol. The van der Waals surface area contributed by atoms with Crippen molar-refractivity contribution in [2.45, 2.75) is 50.6 Å². The number of anilines is 1. The summed E-state index contributed by atoms with van der Waals surface area (Å²) in [5.41, 5.74) is -1.49. The molecule has 0 bridgehead atoms. The van der Waals surface area contributed by atoms with E-state index in [4.69, 9.17) is 34.8 Å². The summed E-state index contributed by atoms with van der Waals surface area (Å²) < 4.78 is 31.3. The number of carbonyl (C=O) groups is 1. The number of hydrogen-bond acceptors (Lipinski definition) is 3. The van der Waals surface area contributed by atoms with Crippen molar-refractivity contribution in [1.29, 1.82) is 5.26 Å². The first-order valence-electron chi connectivity index (χ1n) is 12.0. The summed E-state index contributed by atoms with van der Waals surface area (Å²) in [5, 5.41) is 17.4. The van der Waals surface area contributed by atoms with Crippen LogP contribution in [-0.2, 0) is 10.2 Å². The Morgan fingerprint density at radius 1 is 1.05 bits per heavy atom. The molecule has 38 heavy (non-hydrogen) atoms. The minimum absolute atomic E-state index is 0.0253. The Morgan fingerprint density at radius 2 is 1.71 bits per heavy atom. The van der Waals surface area contributed by atoms with Crippen LogP contribution in [0, 0.1) is 28.4 Å². The summed E-state index contributed by atoms with van der Waals surface area (Å²) in [6.07, 6.45) is 0.381. The number of nitrogens with zero attached hydrogens (tertiary/aromatic N) is 1. The zero-order chi connectivity index (χ0) is 27.8. The molecule has 9 heteroatoms. The Hall–Kier alpha value is -2.69. The fraction of sp³-hybridized carbons (Fsp3) is 0.310.